The average molecular weight is 418 g/mol. The molecular weight excluding hydrogens is 394 g/mol. The number of methoxy groups -OCH3 is 1. The summed E-state index contributed by atoms with van der Waals surface area (Å²) in [7, 11) is 1.62. The first-order valence-electron chi connectivity index (χ1n) is 9.24. The Morgan fingerprint density at radius 2 is 1.96 bits per heavy atom. The van der Waals surface area contributed by atoms with Crippen LogP contribution in [-0.4, -0.2) is 19.6 Å². The lowest BCUT2D eigenvalue weighted by molar-refractivity contribution is 0.0955. The molecule has 6 heteroatoms. The molecule has 0 fully saturated rings. The van der Waals surface area contributed by atoms with Crippen LogP contribution in [0.15, 0.2) is 42.5 Å². The molecule has 1 N–H and O–H groups in total. The van der Waals surface area contributed by atoms with E-state index in [9.17, 15) is 4.79 Å². The summed E-state index contributed by atoms with van der Waals surface area (Å²) in [6, 6.07) is 13.4. The number of halogens is 1. The first-order valence-corrected chi connectivity index (χ1v) is 10.4. The zero-order valence-electron chi connectivity index (χ0n) is 16.3. The summed E-state index contributed by atoms with van der Waals surface area (Å²) in [6.07, 6.45) is 0.983. The predicted octanol–water partition coefficient (Wildman–Crippen LogP) is 5.92. The van der Waals surface area contributed by atoms with Gasteiger partial charge in [0.25, 0.3) is 5.91 Å². The molecule has 0 unspecified atom stereocenters. The number of nitrogens with one attached hydrogen (secondary N) is 1. The van der Waals surface area contributed by atoms with Crippen LogP contribution in [0.2, 0.25) is 5.02 Å². The third-order valence-corrected chi connectivity index (χ3v) is 6.05. The highest BCUT2D eigenvalue weighted by Gasteiger charge is 2.17. The van der Waals surface area contributed by atoms with Gasteiger partial charge in [-0.3, -0.25) is 4.79 Å². The van der Waals surface area contributed by atoms with E-state index in [-0.39, 0.29) is 5.91 Å². The van der Waals surface area contributed by atoms with Gasteiger partial charge in [-0.25, -0.2) is 0 Å². The Morgan fingerprint density at radius 3 is 2.68 bits per heavy atom. The Morgan fingerprint density at radius 1 is 1.18 bits per heavy atom. The van der Waals surface area contributed by atoms with Crippen LogP contribution < -0.4 is 14.8 Å². The molecule has 2 aromatic carbocycles. The van der Waals surface area contributed by atoms with Gasteiger partial charge in [0, 0.05) is 16.6 Å². The largest absolute Gasteiger partial charge is 0.493 e. The smallest absolute Gasteiger partial charge is 0.263 e. The molecule has 3 aromatic rings. The van der Waals surface area contributed by atoms with Crippen molar-refractivity contribution in [3.05, 3.63) is 57.9 Å². The second-order valence-electron chi connectivity index (χ2n) is 6.94. The van der Waals surface area contributed by atoms with Crippen LogP contribution in [0.3, 0.4) is 0 Å². The van der Waals surface area contributed by atoms with Crippen LogP contribution in [0.1, 0.15) is 35.5 Å². The maximum atomic E-state index is 12.6. The fraction of sp³-hybridized carbons (Fsp3) is 0.318. The van der Waals surface area contributed by atoms with Crippen molar-refractivity contribution in [1.29, 1.82) is 0 Å². The van der Waals surface area contributed by atoms with Crippen LogP contribution >= 0.6 is 22.9 Å². The lowest BCUT2D eigenvalue weighted by Gasteiger charge is -2.13. The molecule has 28 heavy (non-hydrogen) atoms. The van der Waals surface area contributed by atoms with Crippen molar-refractivity contribution in [1.82, 2.24) is 5.32 Å². The highest BCUT2D eigenvalue weighted by atomic mass is 35.5. The normalized spacial score (nSPS) is 11.0. The molecule has 0 saturated carbocycles. The molecule has 0 aliphatic carbocycles. The maximum Gasteiger partial charge on any atom is 0.263 e. The molecule has 148 valence electrons. The molecule has 0 aliphatic rings. The van der Waals surface area contributed by atoms with E-state index in [1.165, 1.54) is 11.3 Å². The van der Waals surface area contributed by atoms with E-state index in [0.29, 0.717) is 40.5 Å². The van der Waals surface area contributed by atoms with Crippen molar-refractivity contribution in [2.75, 3.05) is 13.7 Å². The molecule has 0 aliphatic heterocycles. The number of thiophene rings is 1. The number of hydrogen-bond donors (Lipinski definition) is 1. The minimum absolute atomic E-state index is 0.178. The van der Waals surface area contributed by atoms with Gasteiger partial charge in [-0.2, -0.15) is 0 Å². The summed E-state index contributed by atoms with van der Waals surface area (Å²) in [5.41, 5.74) is 0.929. The fourth-order valence-corrected chi connectivity index (χ4v) is 4.20. The minimum Gasteiger partial charge on any atom is -0.493 e. The summed E-state index contributed by atoms with van der Waals surface area (Å²) in [5, 5.41) is 4.35. The Labute approximate surface area is 174 Å². The van der Waals surface area contributed by atoms with E-state index < -0.39 is 0 Å². The summed E-state index contributed by atoms with van der Waals surface area (Å²) < 4.78 is 12.2. The van der Waals surface area contributed by atoms with Gasteiger partial charge in [0.2, 0.25) is 0 Å². The highest BCUT2D eigenvalue weighted by Crippen LogP contribution is 2.35. The van der Waals surface area contributed by atoms with Crippen LogP contribution in [0, 0.1) is 5.92 Å². The minimum atomic E-state index is -0.178. The molecule has 0 radical (unpaired) electrons. The van der Waals surface area contributed by atoms with Crippen molar-refractivity contribution >= 4 is 38.9 Å². The lowest BCUT2D eigenvalue weighted by Crippen LogP contribution is -2.22. The molecule has 3 rings (SSSR count). The zero-order chi connectivity index (χ0) is 20.1. The zero-order valence-corrected chi connectivity index (χ0v) is 17.8. The van der Waals surface area contributed by atoms with Crippen molar-refractivity contribution in [3.63, 3.8) is 0 Å². The number of fused-ring (bicyclic) bond motifs is 1. The van der Waals surface area contributed by atoms with Gasteiger partial charge in [0.1, 0.15) is 4.88 Å². The van der Waals surface area contributed by atoms with Gasteiger partial charge in [0.15, 0.2) is 11.5 Å². The Balaban J connectivity index is 1.66. The monoisotopic (exact) mass is 417 g/mol. The molecule has 0 bridgehead atoms. The number of carbonyl (C=O) groups is 1. The first-order chi connectivity index (χ1) is 13.5. The second kappa shape index (κ2) is 9.30. The summed E-state index contributed by atoms with van der Waals surface area (Å²) in [5.74, 6) is 1.78. The van der Waals surface area contributed by atoms with Gasteiger partial charge >= 0.3 is 0 Å². The summed E-state index contributed by atoms with van der Waals surface area (Å²) in [6.45, 7) is 5.35. The topological polar surface area (TPSA) is 47.6 Å². The molecule has 0 saturated heterocycles. The quantitative estimate of drug-likeness (QED) is 0.495. The van der Waals surface area contributed by atoms with Crippen LogP contribution in [0.5, 0.6) is 11.5 Å². The summed E-state index contributed by atoms with van der Waals surface area (Å²) in [4.78, 5) is 13.1. The van der Waals surface area contributed by atoms with E-state index in [4.69, 9.17) is 21.1 Å². The van der Waals surface area contributed by atoms with Gasteiger partial charge in [-0.1, -0.05) is 49.7 Å². The number of carbonyl (C=O) groups excluding carboxylic acids is 1. The Kier molecular flexibility index (Phi) is 6.81. The van der Waals surface area contributed by atoms with E-state index in [2.05, 4.69) is 19.2 Å². The average Bonchev–Trinajstić information content (AvgIpc) is 3.03. The third-order valence-electron chi connectivity index (χ3n) is 4.38. The highest BCUT2D eigenvalue weighted by molar-refractivity contribution is 7.21. The Hall–Kier alpha value is -2.24. The number of ether oxygens (including phenoxy) is 2. The number of benzene rings is 2. The number of hydrogen-bond acceptors (Lipinski definition) is 4. The van der Waals surface area contributed by atoms with E-state index in [0.717, 1.165) is 22.1 Å². The van der Waals surface area contributed by atoms with E-state index in [1.54, 1.807) is 7.11 Å². The molecule has 1 heterocycles. The van der Waals surface area contributed by atoms with Crippen molar-refractivity contribution in [2.24, 2.45) is 5.92 Å². The molecule has 0 atom stereocenters. The predicted molar refractivity (Wildman–Crippen MR) is 116 cm³/mol. The lowest BCUT2D eigenvalue weighted by atomic mass is 10.1. The molecule has 1 amide bonds. The van der Waals surface area contributed by atoms with Gasteiger partial charge in [-0.05, 0) is 36.1 Å². The Bertz CT molecular complexity index is 968. The second-order valence-corrected chi connectivity index (χ2v) is 8.37. The standard InChI is InChI=1S/C22H24ClNO3S/c1-14(2)10-11-27-17-9-8-15(12-18(17)26-3)13-24-22(25)21-20(23)16-6-4-5-7-19(16)28-21/h4-9,12,14H,10-11,13H2,1-3H3,(H,24,25). The van der Waals surface area contributed by atoms with Crippen LogP contribution in [-0.2, 0) is 6.54 Å². The van der Waals surface area contributed by atoms with Gasteiger partial charge in [0.05, 0.1) is 18.7 Å². The SMILES string of the molecule is COc1cc(CNC(=O)c2sc3ccccc3c2Cl)ccc1OCCC(C)C. The van der Waals surface area contributed by atoms with Crippen molar-refractivity contribution in [3.8, 4) is 11.5 Å². The first kappa shape index (κ1) is 20.5. The molecule has 1 aromatic heterocycles. The fourth-order valence-electron chi connectivity index (χ4n) is 2.77. The summed E-state index contributed by atoms with van der Waals surface area (Å²) >= 11 is 7.79. The maximum absolute atomic E-state index is 12.6. The molecular formula is C22H24ClNO3S. The number of rotatable bonds is 8. The third kappa shape index (κ3) is 4.78. The van der Waals surface area contributed by atoms with Crippen LogP contribution in [0.4, 0.5) is 0 Å². The van der Waals surface area contributed by atoms with Crippen molar-refractivity contribution in [2.45, 2.75) is 26.8 Å². The van der Waals surface area contributed by atoms with E-state index in [1.807, 2.05) is 42.5 Å². The van der Waals surface area contributed by atoms with Crippen molar-refractivity contribution < 1.29 is 14.3 Å². The van der Waals surface area contributed by atoms with Crippen LogP contribution in [0.25, 0.3) is 10.1 Å². The number of amides is 1. The molecule has 0 spiro atoms. The molecule has 4 nitrogen and oxygen atoms in total. The van der Waals surface area contributed by atoms with Gasteiger partial charge in [-0.15, -0.1) is 11.3 Å². The van der Waals surface area contributed by atoms with Gasteiger partial charge < -0.3 is 14.8 Å². The van der Waals surface area contributed by atoms with E-state index >= 15 is 0 Å².